The maximum absolute atomic E-state index is 5.60. The third-order valence-corrected chi connectivity index (χ3v) is 4.91. The quantitative estimate of drug-likeness (QED) is 0.675. The molecule has 0 unspecified atom stereocenters. The van der Waals surface area contributed by atoms with Crippen LogP contribution in [0.3, 0.4) is 0 Å². The van der Waals surface area contributed by atoms with Crippen molar-refractivity contribution in [1.29, 1.82) is 0 Å². The second-order valence-corrected chi connectivity index (χ2v) is 6.31. The van der Waals surface area contributed by atoms with E-state index in [0.29, 0.717) is 13.2 Å². The summed E-state index contributed by atoms with van der Waals surface area (Å²) in [6.45, 7) is 1.34. The molecule has 112 valence electrons. The standard InChI is InChI=1S/C20H20O2/c1-21-12-20(13-22-2)11-16-7-3-5-14-9-10-15-6-4-8-17(20)19(15)18(14)16/h3-10H,11-13H2,1-2H3. The Morgan fingerprint density at radius 3 is 2.14 bits per heavy atom. The van der Waals surface area contributed by atoms with Crippen molar-refractivity contribution in [3.05, 3.63) is 59.7 Å². The first kappa shape index (κ1) is 13.7. The molecule has 2 nitrogen and oxygen atoms in total. The number of benzene rings is 3. The van der Waals surface area contributed by atoms with Crippen LogP contribution < -0.4 is 0 Å². The highest BCUT2D eigenvalue weighted by atomic mass is 16.5. The molecule has 0 saturated heterocycles. The van der Waals surface area contributed by atoms with E-state index in [9.17, 15) is 0 Å². The fourth-order valence-electron chi connectivity index (χ4n) is 4.13. The van der Waals surface area contributed by atoms with E-state index < -0.39 is 0 Å². The average Bonchev–Trinajstić information content (AvgIpc) is 2.54. The predicted molar refractivity (Wildman–Crippen MR) is 90.6 cm³/mol. The zero-order valence-corrected chi connectivity index (χ0v) is 13.1. The molecular weight excluding hydrogens is 272 g/mol. The summed E-state index contributed by atoms with van der Waals surface area (Å²) in [5.74, 6) is 0. The van der Waals surface area contributed by atoms with Crippen LogP contribution in [0.15, 0.2) is 48.5 Å². The third kappa shape index (κ3) is 1.81. The van der Waals surface area contributed by atoms with Gasteiger partial charge in [-0.05, 0) is 39.1 Å². The molecule has 4 rings (SSSR count). The van der Waals surface area contributed by atoms with Gasteiger partial charge in [-0.25, -0.2) is 0 Å². The van der Waals surface area contributed by atoms with Gasteiger partial charge in [0.05, 0.1) is 13.2 Å². The normalized spacial score (nSPS) is 15.7. The minimum Gasteiger partial charge on any atom is -0.384 e. The second-order valence-electron chi connectivity index (χ2n) is 6.31. The first-order chi connectivity index (χ1) is 10.8. The van der Waals surface area contributed by atoms with Crippen LogP contribution in [0.25, 0.3) is 21.5 Å². The van der Waals surface area contributed by atoms with Gasteiger partial charge in [-0.15, -0.1) is 0 Å². The molecule has 1 aliphatic rings. The second kappa shape index (κ2) is 5.08. The summed E-state index contributed by atoms with van der Waals surface area (Å²) < 4.78 is 11.2. The Bertz CT molecular complexity index is 845. The van der Waals surface area contributed by atoms with E-state index in [1.165, 1.54) is 32.7 Å². The number of ether oxygens (including phenoxy) is 2. The van der Waals surface area contributed by atoms with E-state index in [0.717, 1.165) is 6.42 Å². The Labute approximate surface area is 130 Å². The number of rotatable bonds is 4. The molecule has 2 heteroatoms. The van der Waals surface area contributed by atoms with Crippen molar-refractivity contribution in [3.8, 4) is 0 Å². The summed E-state index contributed by atoms with van der Waals surface area (Å²) in [4.78, 5) is 0. The fourth-order valence-corrected chi connectivity index (χ4v) is 4.13. The van der Waals surface area contributed by atoms with E-state index >= 15 is 0 Å². The Morgan fingerprint density at radius 2 is 1.45 bits per heavy atom. The fraction of sp³-hybridized carbons (Fsp3) is 0.300. The molecule has 0 aromatic heterocycles. The van der Waals surface area contributed by atoms with E-state index in [4.69, 9.17) is 9.47 Å². The molecule has 0 radical (unpaired) electrons. The van der Waals surface area contributed by atoms with Crippen molar-refractivity contribution in [2.45, 2.75) is 11.8 Å². The summed E-state index contributed by atoms with van der Waals surface area (Å²) in [5, 5.41) is 5.39. The molecule has 0 fully saturated rings. The van der Waals surface area contributed by atoms with Crippen molar-refractivity contribution in [2.75, 3.05) is 27.4 Å². The lowest BCUT2D eigenvalue weighted by atomic mass is 9.69. The molecule has 0 bridgehead atoms. The van der Waals surface area contributed by atoms with Crippen LogP contribution in [0.5, 0.6) is 0 Å². The largest absolute Gasteiger partial charge is 0.384 e. The van der Waals surface area contributed by atoms with Crippen LogP contribution in [0.4, 0.5) is 0 Å². The summed E-state index contributed by atoms with van der Waals surface area (Å²) >= 11 is 0. The number of methoxy groups -OCH3 is 2. The van der Waals surface area contributed by atoms with Crippen molar-refractivity contribution in [1.82, 2.24) is 0 Å². The molecule has 0 aliphatic heterocycles. The number of hydrogen-bond donors (Lipinski definition) is 0. The van der Waals surface area contributed by atoms with Crippen LogP contribution in [0.2, 0.25) is 0 Å². The Hall–Kier alpha value is -1.90. The highest BCUT2D eigenvalue weighted by Crippen LogP contribution is 2.44. The van der Waals surface area contributed by atoms with Gasteiger partial charge in [0.2, 0.25) is 0 Å². The smallest absolute Gasteiger partial charge is 0.0584 e. The summed E-state index contributed by atoms with van der Waals surface area (Å²) in [7, 11) is 3.55. The molecule has 1 aliphatic carbocycles. The van der Waals surface area contributed by atoms with Crippen LogP contribution in [0.1, 0.15) is 11.1 Å². The monoisotopic (exact) mass is 292 g/mol. The van der Waals surface area contributed by atoms with Gasteiger partial charge in [0, 0.05) is 19.6 Å². The maximum atomic E-state index is 5.60. The van der Waals surface area contributed by atoms with Crippen molar-refractivity contribution in [3.63, 3.8) is 0 Å². The van der Waals surface area contributed by atoms with Gasteiger partial charge >= 0.3 is 0 Å². The molecular formula is C20H20O2. The van der Waals surface area contributed by atoms with E-state index in [1.807, 2.05) is 0 Å². The molecule has 22 heavy (non-hydrogen) atoms. The van der Waals surface area contributed by atoms with E-state index in [2.05, 4.69) is 48.5 Å². The van der Waals surface area contributed by atoms with Crippen molar-refractivity contribution in [2.24, 2.45) is 0 Å². The van der Waals surface area contributed by atoms with E-state index in [1.54, 1.807) is 14.2 Å². The summed E-state index contributed by atoms with van der Waals surface area (Å²) in [6, 6.07) is 17.7. The summed E-state index contributed by atoms with van der Waals surface area (Å²) in [5.41, 5.74) is 2.65. The molecule has 0 saturated carbocycles. The van der Waals surface area contributed by atoms with Crippen molar-refractivity contribution < 1.29 is 9.47 Å². The first-order valence-corrected chi connectivity index (χ1v) is 7.71. The Morgan fingerprint density at radius 1 is 0.818 bits per heavy atom. The Kier molecular flexibility index (Phi) is 3.17. The molecule has 3 aromatic rings. The zero-order chi connectivity index (χ0) is 15.2. The van der Waals surface area contributed by atoms with Gasteiger partial charge < -0.3 is 9.47 Å². The van der Waals surface area contributed by atoms with Gasteiger partial charge in [-0.2, -0.15) is 0 Å². The minimum absolute atomic E-state index is 0.106. The molecule has 0 heterocycles. The van der Waals surface area contributed by atoms with Crippen LogP contribution in [-0.2, 0) is 21.3 Å². The highest BCUT2D eigenvalue weighted by molar-refractivity contribution is 6.12. The molecule has 3 aromatic carbocycles. The van der Waals surface area contributed by atoms with Crippen LogP contribution in [0, 0.1) is 0 Å². The van der Waals surface area contributed by atoms with E-state index in [-0.39, 0.29) is 5.41 Å². The van der Waals surface area contributed by atoms with Gasteiger partial charge in [-0.1, -0.05) is 48.5 Å². The SMILES string of the molecule is COCC1(COC)Cc2cccc3ccc4cccc1c4c23. The van der Waals surface area contributed by atoms with Crippen molar-refractivity contribution >= 4 is 21.5 Å². The maximum Gasteiger partial charge on any atom is 0.0584 e. The molecule has 0 N–H and O–H groups in total. The minimum atomic E-state index is -0.106. The highest BCUT2D eigenvalue weighted by Gasteiger charge is 2.38. The average molecular weight is 292 g/mol. The van der Waals surface area contributed by atoms with Gasteiger partial charge in [0.1, 0.15) is 0 Å². The molecule has 0 atom stereocenters. The molecule has 0 spiro atoms. The number of hydrogen-bond acceptors (Lipinski definition) is 2. The topological polar surface area (TPSA) is 18.5 Å². The zero-order valence-electron chi connectivity index (χ0n) is 13.1. The lowest BCUT2D eigenvalue weighted by Crippen LogP contribution is -2.40. The van der Waals surface area contributed by atoms with Crippen LogP contribution >= 0.6 is 0 Å². The Balaban J connectivity index is 2.14. The van der Waals surface area contributed by atoms with Gasteiger partial charge in [-0.3, -0.25) is 0 Å². The summed E-state index contributed by atoms with van der Waals surface area (Å²) in [6.07, 6.45) is 0.960. The van der Waals surface area contributed by atoms with Gasteiger partial charge in [0.25, 0.3) is 0 Å². The first-order valence-electron chi connectivity index (χ1n) is 7.71. The lowest BCUT2D eigenvalue weighted by molar-refractivity contribution is 0.0595. The molecule has 0 amide bonds. The van der Waals surface area contributed by atoms with Crippen LogP contribution in [-0.4, -0.2) is 27.4 Å². The van der Waals surface area contributed by atoms with Gasteiger partial charge in [0.15, 0.2) is 0 Å². The third-order valence-electron chi connectivity index (χ3n) is 4.91. The predicted octanol–water partition coefficient (Wildman–Crippen LogP) is 4.08. The lowest BCUT2D eigenvalue weighted by Gasteiger charge is -2.38.